The number of likely N-dealkylation sites (N-methyl/N-ethyl adjacent to an activating group) is 1. The summed E-state index contributed by atoms with van der Waals surface area (Å²) in [5.41, 5.74) is 3.75. The van der Waals surface area contributed by atoms with E-state index in [1.807, 2.05) is 18.2 Å². The molecule has 0 spiro atoms. The number of hydrogen-bond acceptors (Lipinski definition) is 7. The second-order valence-corrected chi connectivity index (χ2v) is 13.3. The molecule has 4 rings (SSSR count). The van der Waals surface area contributed by atoms with Crippen molar-refractivity contribution in [2.24, 2.45) is 0 Å². The van der Waals surface area contributed by atoms with Gasteiger partial charge in [0.15, 0.2) is 11.5 Å². The number of nitrogens with one attached hydrogen (secondary N) is 1. The SMILES string of the molecule is CN(CCCc1c(C2NC(=O)CS2)cc(C(C)(C)C)c(O)c1C(C)(C)C)CCOc1ccc2c(c1)OCO2. The zero-order chi connectivity index (χ0) is 27.7. The highest BCUT2D eigenvalue weighted by Gasteiger charge is 2.34. The van der Waals surface area contributed by atoms with Crippen LogP contribution in [0.15, 0.2) is 24.3 Å². The number of amides is 1. The Bertz CT molecular complexity index is 1170. The van der Waals surface area contributed by atoms with Gasteiger partial charge in [-0.3, -0.25) is 4.79 Å². The number of fused-ring (bicyclic) bond motifs is 1. The predicted octanol–water partition coefficient (Wildman–Crippen LogP) is 5.52. The number of thioether (sulfide) groups is 1. The van der Waals surface area contributed by atoms with Gasteiger partial charge in [0.05, 0.1) is 5.75 Å². The summed E-state index contributed by atoms with van der Waals surface area (Å²) in [6, 6.07) is 7.77. The summed E-state index contributed by atoms with van der Waals surface area (Å²) in [6.07, 6.45) is 1.75. The number of phenolic OH excluding ortho intramolecular Hbond substituents is 1. The number of rotatable bonds is 9. The van der Waals surface area contributed by atoms with E-state index in [1.54, 1.807) is 11.8 Å². The van der Waals surface area contributed by atoms with Gasteiger partial charge in [0.2, 0.25) is 12.7 Å². The minimum atomic E-state index is -0.243. The number of nitrogens with zero attached hydrogens (tertiary/aromatic N) is 1. The molecule has 0 radical (unpaired) electrons. The number of benzene rings is 2. The van der Waals surface area contributed by atoms with Crippen LogP contribution in [0.25, 0.3) is 0 Å². The molecule has 0 aliphatic carbocycles. The van der Waals surface area contributed by atoms with E-state index in [-0.39, 0.29) is 28.9 Å². The van der Waals surface area contributed by atoms with Crippen LogP contribution in [-0.2, 0) is 22.0 Å². The Balaban J connectivity index is 1.46. The van der Waals surface area contributed by atoms with Gasteiger partial charge in [-0.15, -0.1) is 11.8 Å². The molecule has 1 fully saturated rings. The Hall–Kier alpha value is -2.58. The lowest BCUT2D eigenvalue weighted by Gasteiger charge is -2.33. The van der Waals surface area contributed by atoms with Crippen LogP contribution in [0.3, 0.4) is 0 Å². The number of carbonyl (C=O) groups is 1. The van der Waals surface area contributed by atoms with Crippen LogP contribution in [0.1, 0.15) is 75.6 Å². The average molecular weight is 543 g/mol. The summed E-state index contributed by atoms with van der Waals surface area (Å²) in [5.74, 6) is 3.17. The molecule has 0 bridgehead atoms. The highest BCUT2D eigenvalue weighted by Crippen LogP contribution is 2.46. The van der Waals surface area contributed by atoms with E-state index >= 15 is 0 Å². The topological polar surface area (TPSA) is 80.3 Å². The van der Waals surface area contributed by atoms with Gasteiger partial charge in [0.1, 0.15) is 23.5 Å². The van der Waals surface area contributed by atoms with Crippen LogP contribution in [0, 0.1) is 0 Å². The quantitative estimate of drug-likeness (QED) is 0.432. The normalized spacial score (nSPS) is 17.3. The van der Waals surface area contributed by atoms with Gasteiger partial charge in [-0.2, -0.15) is 0 Å². The van der Waals surface area contributed by atoms with Gasteiger partial charge < -0.3 is 29.5 Å². The Labute approximate surface area is 231 Å². The standard InChI is InChI=1S/C30H42N2O5S/c1-29(2,3)22-16-21(28-31-25(33)17-38-28)20(26(27(22)34)30(4,5)6)9-8-12-32(7)13-14-35-19-10-11-23-24(15-19)37-18-36-23/h10-11,15-16,28,34H,8-9,12-14,17-18H2,1-7H3,(H,31,33). The molecule has 208 valence electrons. The Morgan fingerprint density at radius 1 is 1.08 bits per heavy atom. The Morgan fingerprint density at radius 2 is 1.82 bits per heavy atom. The molecule has 0 aromatic heterocycles. The van der Waals surface area contributed by atoms with Crippen molar-refractivity contribution >= 4 is 17.7 Å². The van der Waals surface area contributed by atoms with Crippen LogP contribution < -0.4 is 19.5 Å². The Kier molecular flexibility index (Phi) is 8.43. The maximum atomic E-state index is 12.1. The smallest absolute Gasteiger partial charge is 0.231 e. The molecule has 1 amide bonds. The molecule has 2 aromatic carbocycles. The summed E-state index contributed by atoms with van der Waals surface area (Å²) in [6.45, 7) is 15.3. The molecule has 1 saturated heterocycles. The number of ether oxygens (including phenoxy) is 3. The highest BCUT2D eigenvalue weighted by molar-refractivity contribution is 8.00. The molecule has 2 aliphatic heterocycles. The van der Waals surface area contributed by atoms with E-state index in [0.717, 1.165) is 65.4 Å². The van der Waals surface area contributed by atoms with Crippen molar-refractivity contribution in [2.45, 2.75) is 70.6 Å². The average Bonchev–Trinajstić information content (AvgIpc) is 3.46. The highest BCUT2D eigenvalue weighted by atomic mass is 32.2. The summed E-state index contributed by atoms with van der Waals surface area (Å²) in [7, 11) is 2.10. The van der Waals surface area contributed by atoms with Gasteiger partial charge in [0.25, 0.3) is 0 Å². The van der Waals surface area contributed by atoms with Gasteiger partial charge >= 0.3 is 0 Å². The number of carbonyl (C=O) groups excluding carboxylic acids is 1. The van der Waals surface area contributed by atoms with Crippen molar-refractivity contribution in [3.8, 4) is 23.0 Å². The minimum absolute atomic E-state index is 0.0656. The number of hydrogen-bond donors (Lipinski definition) is 2. The number of aromatic hydroxyl groups is 1. The van der Waals surface area contributed by atoms with Crippen LogP contribution in [0.4, 0.5) is 0 Å². The zero-order valence-corrected chi connectivity index (χ0v) is 24.6. The van der Waals surface area contributed by atoms with Gasteiger partial charge in [-0.1, -0.05) is 41.5 Å². The van der Waals surface area contributed by atoms with Crippen molar-refractivity contribution in [1.82, 2.24) is 10.2 Å². The van der Waals surface area contributed by atoms with E-state index in [1.165, 1.54) is 0 Å². The van der Waals surface area contributed by atoms with Crippen LogP contribution >= 0.6 is 11.8 Å². The molecule has 1 unspecified atom stereocenters. The minimum Gasteiger partial charge on any atom is -0.507 e. The van der Waals surface area contributed by atoms with Crippen molar-refractivity contribution in [3.63, 3.8) is 0 Å². The lowest BCUT2D eigenvalue weighted by atomic mass is 9.74. The van der Waals surface area contributed by atoms with Crippen molar-refractivity contribution in [2.75, 3.05) is 39.3 Å². The summed E-state index contributed by atoms with van der Waals surface area (Å²) in [5, 5.41) is 14.6. The molecule has 1 atom stereocenters. The second-order valence-electron chi connectivity index (χ2n) is 12.2. The summed E-state index contributed by atoms with van der Waals surface area (Å²) in [4.78, 5) is 14.4. The molecule has 2 aliphatic rings. The van der Waals surface area contributed by atoms with Crippen LogP contribution in [-0.4, -0.2) is 55.2 Å². The van der Waals surface area contributed by atoms with E-state index in [2.05, 4.69) is 64.9 Å². The second kappa shape index (κ2) is 11.3. The Morgan fingerprint density at radius 3 is 2.47 bits per heavy atom. The molecular weight excluding hydrogens is 500 g/mol. The first-order chi connectivity index (χ1) is 17.8. The third-order valence-corrected chi connectivity index (χ3v) is 8.14. The molecule has 7 nitrogen and oxygen atoms in total. The lowest BCUT2D eigenvalue weighted by molar-refractivity contribution is -0.118. The van der Waals surface area contributed by atoms with Gasteiger partial charge in [0, 0.05) is 18.2 Å². The van der Waals surface area contributed by atoms with Crippen LogP contribution in [0.2, 0.25) is 0 Å². The fraction of sp³-hybridized carbons (Fsp3) is 0.567. The molecule has 8 heteroatoms. The molecular formula is C30H42N2O5S. The largest absolute Gasteiger partial charge is 0.507 e. The molecule has 2 heterocycles. The van der Waals surface area contributed by atoms with Crippen molar-refractivity contribution in [1.29, 1.82) is 0 Å². The third kappa shape index (κ3) is 6.52. The molecule has 2 N–H and O–H groups in total. The third-order valence-electron chi connectivity index (χ3n) is 7.01. The molecule has 38 heavy (non-hydrogen) atoms. The van der Waals surface area contributed by atoms with Crippen molar-refractivity contribution < 1.29 is 24.1 Å². The maximum Gasteiger partial charge on any atom is 0.231 e. The van der Waals surface area contributed by atoms with E-state index < -0.39 is 0 Å². The van der Waals surface area contributed by atoms with E-state index in [4.69, 9.17) is 14.2 Å². The van der Waals surface area contributed by atoms with Gasteiger partial charge in [-0.05, 0) is 72.2 Å². The van der Waals surface area contributed by atoms with Crippen molar-refractivity contribution in [3.05, 3.63) is 46.5 Å². The number of phenols is 1. The lowest BCUT2D eigenvalue weighted by Crippen LogP contribution is -2.27. The maximum absolute atomic E-state index is 12.1. The fourth-order valence-electron chi connectivity index (χ4n) is 5.10. The first kappa shape index (κ1) is 28.4. The first-order valence-electron chi connectivity index (χ1n) is 13.4. The van der Waals surface area contributed by atoms with E-state index in [9.17, 15) is 9.90 Å². The van der Waals surface area contributed by atoms with Crippen LogP contribution in [0.5, 0.6) is 23.0 Å². The van der Waals surface area contributed by atoms with E-state index in [0.29, 0.717) is 18.1 Å². The summed E-state index contributed by atoms with van der Waals surface area (Å²) >= 11 is 1.63. The molecule has 2 aromatic rings. The molecule has 0 saturated carbocycles. The zero-order valence-electron chi connectivity index (χ0n) is 23.8. The summed E-state index contributed by atoms with van der Waals surface area (Å²) < 4.78 is 16.7. The fourth-order valence-corrected chi connectivity index (χ4v) is 6.10. The predicted molar refractivity (Wildman–Crippen MR) is 153 cm³/mol. The first-order valence-corrected chi connectivity index (χ1v) is 14.4. The van der Waals surface area contributed by atoms with Gasteiger partial charge in [-0.25, -0.2) is 0 Å². The monoisotopic (exact) mass is 542 g/mol.